The van der Waals surface area contributed by atoms with Crippen molar-refractivity contribution < 1.29 is 4.74 Å². The SMILES string of the molecule is C1=CCC=C1.C1=CCC=C1.C=COC=C. The van der Waals surface area contributed by atoms with E-state index in [0.29, 0.717) is 0 Å². The molecule has 0 aromatic heterocycles. The van der Waals surface area contributed by atoms with Gasteiger partial charge in [0, 0.05) is 0 Å². The maximum atomic E-state index is 4.36. The van der Waals surface area contributed by atoms with Gasteiger partial charge in [-0.25, -0.2) is 0 Å². The van der Waals surface area contributed by atoms with Crippen molar-refractivity contribution >= 4 is 0 Å². The molecule has 0 bridgehead atoms. The topological polar surface area (TPSA) is 9.23 Å². The van der Waals surface area contributed by atoms with Crippen molar-refractivity contribution in [3.8, 4) is 0 Å². The van der Waals surface area contributed by atoms with E-state index < -0.39 is 0 Å². The smallest absolute Gasteiger partial charge is 0.0829 e. The molecular formula is C14H18O. The average molecular weight is 202 g/mol. The summed E-state index contributed by atoms with van der Waals surface area (Å²) in [5.41, 5.74) is 0. The van der Waals surface area contributed by atoms with Crippen LogP contribution in [-0.2, 0) is 4.74 Å². The fourth-order valence-electron chi connectivity index (χ4n) is 0.854. The summed E-state index contributed by atoms with van der Waals surface area (Å²) in [6.07, 6.45) is 21.6. The van der Waals surface area contributed by atoms with Crippen LogP contribution in [0, 0.1) is 0 Å². The first kappa shape index (κ1) is 13.2. The van der Waals surface area contributed by atoms with Crippen LogP contribution in [0.1, 0.15) is 12.8 Å². The molecule has 80 valence electrons. The van der Waals surface area contributed by atoms with Crippen LogP contribution in [0.2, 0.25) is 0 Å². The fourth-order valence-corrected chi connectivity index (χ4v) is 0.854. The van der Waals surface area contributed by atoms with Gasteiger partial charge in [0.25, 0.3) is 0 Å². The minimum Gasteiger partial charge on any atom is -0.474 e. The van der Waals surface area contributed by atoms with Gasteiger partial charge in [0.1, 0.15) is 0 Å². The van der Waals surface area contributed by atoms with Crippen molar-refractivity contribution in [1.29, 1.82) is 0 Å². The first-order valence-electron chi connectivity index (χ1n) is 4.92. The maximum absolute atomic E-state index is 4.36. The second-order valence-corrected chi connectivity index (χ2v) is 2.65. The molecule has 0 saturated heterocycles. The Hall–Kier alpha value is -1.76. The molecule has 2 aliphatic carbocycles. The van der Waals surface area contributed by atoms with Crippen LogP contribution in [0.3, 0.4) is 0 Å². The summed E-state index contributed by atoms with van der Waals surface area (Å²) in [5.74, 6) is 0. The van der Waals surface area contributed by atoms with E-state index >= 15 is 0 Å². The molecule has 2 aliphatic rings. The molecular weight excluding hydrogens is 184 g/mol. The molecule has 0 saturated carbocycles. The fraction of sp³-hybridized carbons (Fsp3) is 0.143. The molecule has 0 fully saturated rings. The Morgan fingerprint density at radius 3 is 1.13 bits per heavy atom. The molecule has 0 heterocycles. The Morgan fingerprint density at radius 2 is 1.07 bits per heavy atom. The molecule has 1 nitrogen and oxygen atoms in total. The first-order chi connectivity index (χ1) is 7.41. The number of hydrogen-bond donors (Lipinski definition) is 0. The van der Waals surface area contributed by atoms with Crippen LogP contribution in [-0.4, -0.2) is 0 Å². The Kier molecular flexibility index (Phi) is 10.8. The highest BCUT2D eigenvalue weighted by Crippen LogP contribution is 1.93. The van der Waals surface area contributed by atoms with Gasteiger partial charge in [-0.05, 0) is 12.8 Å². The average Bonchev–Trinajstić information content (AvgIpc) is 2.99. The predicted molar refractivity (Wildman–Crippen MR) is 67.3 cm³/mol. The van der Waals surface area contributed by atoms with Crippen molar-refractivity contribution in [3.63, 3.8) is 0 Å². The summed E-state index contributed by atoms with van der Waals surface area (Å²) in [6, 6.07) is 0. The number of rotatable bonds is 2. The van der Waals surface area contributed by atoms with Gasteiger partial charge in [-0.3, -0.25) is 0 Å². The summed E-state index contributed by atoms with van der Waals surface area (Å²) in [5, 5.41) is 0. The van der Waals surface area contributed by atoms with E-state index in [9.17, 15) is 0 Å². The van der Waals surface area contributed by atoms with E-state index in [1.165, 1.54) is 12.5 Å². The van der Waals surface area contributed by atoms with Crippen LogP contribution in [0.5, 0.6) is 0 Å². The molecule has 0 N–H and O–H groups in total. The monoisotopic (exact) mass is 202 g/mol. The third kappa shape index (κ3) is 12.2. The minimum absolute atomic E-state index is 1.14. The van der Waals surface area contributed by atoms with E-state index in [2.05, 4.69) is 66.5 Å². The molecule has 0 amide bonds. The van der Waals surface area contributed by atoms with Crippen molar-refractivity contribution in [3.05, 3.63) is 74.3 Å². The quantitative estimate of drug-likeness (QED) is 0.607. The van der Waals surface area contributed by atoms with E-state index in [1.54, 1.807) is 0 Å². The van der Waals surface area contributed by atoms with Gasteiger partial charge in [-0.15, -0.1) is 0 Å². The van der Waals surface area contributed by atoms with Crippen LogP contribution in [0.15, 0.2) is 74.3 Å². The Balaban J connectivity index is 0.000000196. The molecule has 1 heteroatoms. The number of allylic oxidation sites excluding steroid dienone is 8. The van der Waals surface area contributed by atoms with E-state index in [0.717, 1.165) is 12.8 Å². The van der Waals surface area contributed by atoms with Crippen molar-refractivity contribution in [2.75, 3.05) is 0 Å². The normalized spacial score (nSPS) is 13.6. The first-order valence-corrected chi connectivity index (χ1v) is 4.92. The summed E-state index contributed by atoms with van der Waals surface area (Å²) in [4.78, 5) is 0. The van der Waals surface area contributed by atoms with Gasteiger partial charge >= 0.3 is 0 Å². The van der Waals surface area contributed by atoms with Gasteiger partial charge < -0.3 is 4.74 Å². The van der Waals surface area contributed by atoms with E-state index in [4.69, 9.17) is 0 Å². The van der Waals surface area contributed by atoms with Gasteiger partial charge in [0.15, 0.2) is 0 Å². The summed E-state index contributed by atoms with van der Waals surface area (Å²) >= 11 is 0. The lowest BCUT2D eigenvalue weighted by Crippen LogP contribution is -1.52. The van der Waals surface area contributed by atoms with Crippen LogP contribution in [0.4, 0.5) is 0 Å². The minimum atomic E-state index is 1.14. The molecule has 0 spiro atoms. The highest BCUT2D eigenvalue weighted by atomic mass is 16.5. The lowest BCUT2D eigenvalue weighted by Gasteiger charge is -1.76. The van der Waals surface area contributed by atoms with Crippen molar-refractivity contribution in [1.82, 2.24) is 0 Å². The molecule has 0 aliphatic heterocycles. The van der Waals surface area contributed by atoms with Gasteiger partial charge in [-0.1, -0.05) is 61.8 Å². The molecule has 0 aromatic carbocycles. The summed E-state index contributed by atoms with van der Waals surface area (Å²) < 4.78 is 4.36. The zero-order valence-electron chi connectivity index (χ0n) is 9.01. The van der Waals surface area contributed by atoms with Crippen molar-refractivity contribution in [2.24, 2.45) is 0 Å². The molecule has 15 heavy (non-hydrogen) atoms. The predicted octanol–water partition coefficient (Wildman–Crippen LogP) is 4.30. The largest absolute Gasteiger partial charge is 0.474 e. The lowest BCUT2D eigenvalue weighted by molar-refractivity contribution is 0.406. The zero-order chi connectivity index (χ0) is 11.2. The number of ether oxygens (including phenoxy) is 1. The summed E-state index contributed by atoms with van der Waals surface area (Å²) in [7, 11) is 0. The molecule has 0 atom stereocenters. The third-order valence-corrected chi connectivity index (χ3v) is 1.50. The number of hydrogen-bond acceptors (Lipinski definition) is 1. The van der Waals surface area contributed by atoms with Crippen LogP contribution < -0.4 is 0 Å². The third-order valence-electron chi connectivity index (χ3n) is 1.50. The lowest BCUT2D eigenvalue weighted by atomic mass is 10.5. The van der Waals surface area contributed by atoms with E-state index in [-0.39, 0.29) is 0 Å². The van der Waals surface area contributed by atoms with Gasteiger partial charge in [-0.2, -0.15) is 0 Å². The Bertz CT molecular complexity index is 219. The second-order valence-electron chi connectivity index (χ2n) is 2.65. The highest BCUT2D eigenvalue weighted by molar-refractivity contribution is 5.12. The standard InChI is InChI=1S/2C5H6.C4H6O/c2*1-2-4-5-3-1;1-3-5-4-2/h2*1-4H,5H2;3-4H,1-2H2. The molecule has 0 radical (unpaired) electrons. The second kappa shape index (κ2) is 12.2. The molecule has 0 aromatic rings. The van der Waals surface area contributed by atoms with Gasteiger partial charge in [0.05, 0.1) is 12.5 Å². The maximum Gasteiger partial charge on any atom is 0.0829 e. The van der Waals surface area contributed by atoms with E-state index in [1.807, 2.05) is 0 Å². The Morgan fingerprint density at radius 1 is 0.733 bits per heavy atom. The van der Waals surface area contributed by atoms with Crippen molar-refractivity contribution in [2.45, 2.75) is 12.8 Å². The molecule has 0 unspecified atom stereocenters. The molecule has 2 rings (SSSR count). The van der Waals surface area contributed by atoms with Gasteiger partial charge in [0.2, 0.25) is 0 Å². The van der Waals surface area contributed by atoms with Crippen LogP contribution in [0.25, 0.3) is 0 Å². The Labute approximate surface area is 92.5 Å². The highest BCUT2D eigenvalue weighted by Gasteiger charge is 1.72. The van der Waals surface area contributed by atoms with Crippen LogP contribution >= 0.6 is 0 Å². The zero-order valence-corrected chi connectivity index (χ0v) is 9.01. The summed E-state index contributed by atoms with van der Waals surface area (Å²) in [6.45, 7) is 6.51.